The number of para-hydroxylation sites is 1. The molecule has 1 amide bonds. The molecule has 0 spiro atoms. The van der Waals surface area contributed by atoms with Crippen molar-refractivity contribution in [1.82, 2.24) is 15.2 Å². The molecule has 2 aliphatic rings. The zero-order valence-corrected chi connectivity index (χ0v) is 16.4. The zero-order valence-electron chi connectivity index (χ0n) is 16.4. The number of carbonyl (C=O) groups excluding carboxylic acids is 1. The van der Waals surface area contributed by atoms with Crippen LogP contribution < -0.4 is 15.0 Å². The number of anilines is 1. The van der Waals surface area contributed by atoms with Crippen molar-refractivity contribution in [2.75, 3.05) is 44.7 Å². The lowest BCUT2D eigenvalue weighted by molar-refractivity contribution is -0.121. The Labute approximate surface area is 166 Å². The summed E-state index contributed by atoms with van der Waals surface area (Å²) in [5.41, 5.74) is 2.17. The number of benzene rings is 1. The minimum Gasteiger partial charge on any atom is -0.493 e. The van der Waals surface area contributed by atoms with Gasteiger partial charge in [0.25, 0.3) is 0 Å². The summed E-state index contributed by atoms with van der Waals surface area (Å²) in [6.45, 7) is 5.33. The Morgan fingerprint density at radius 1 is 1.18 bits per heavy atom. The van der Waals surface area contributed by atoms with Gasteiger partial charge in [-0.1, -0.05) is 24.3 Å². The fraction of sp³-hybridized carbons (Fsp3) is 0.455. The lowest BCUT2D eigenvalue weighted by Gasteiger charge is -2.33. The highest BCUT2D eigenvalue weighted by Crippen LogP contribution is 2.35. The SMILES string of the molecule is CN1CCN(c2ccc(CNC(=O)CC3CCOc4ccccc43)cn2)CC1. The van der Waals surface area contributed by atoms with Crippen LogP contribution in [0.5, 0.6) is 5.75 Å². The predicted molar refractivity (Wildman–Crippen MR) is 110 cm³/mol. The van der Waals surface area contributed by atoms with Crippen molar-refractivity contribution >= 4 is 11.7 Å². The first kappa shape index (κ1) is 18.7. The molecule has 0 saturated carbocycles. The van der Waals surface area contributed by atoms with Crippen molar-refractivity contribution < 1.29 is 9.53 Å². The van der Waals surface area contributed by atoms with Crippen LogP contribution in [0.1, 0.15) is 29.9 Å². The first-order valence-electron chi connectivity index (χ1n) is 10.1. The van der Waals surface area contributed by atoms with Crippen molar-refractivity contribution in [3.8, 4) is 5.75 Å². The number of nitrogens with one attached hydrogen (secondary N) is 1. The molecule has 3 heterocycles. The number of amides is 1. The number of pyridine rings is 1. The molecular formula is C22H28N4O2. The van der Waals surface area contributed by atoms with Crippen LogP contribution in [0.25, 0.3) is 0 Å². The average Bonchev–Trinajstić information content (AvgIpc) is 2.74. The molecule has 1 atom stereocenters. The molecule has 6 heteroatoms. The molecule has 1 aromatic carbocycles. The normalized spacial score (nSPS) is 19.6. The molecule has 6 nitrogen and oxygen atoms in total. The summed E-state index contributed by atoms with van der Waals surface area (Å²) < 4.78 is 5.69. The molecule has 0 bridgehead atoms. The number of hydrogen-bond donors (Lipinski definition) is 1. The number of piperazine rings is 1. The van der Waals surface area contributed by atoms with E-state index in [-0.39, 0.29) is 11.8 Å². The Kier molecular flexibility index (Phi) is 5.76. The molecule has 2 aliphatic heterocycles. The van der Waals surface area contributed by atoms with Crippen LogP contribution in [0.15, 0.2) is 42.6 Å². The quantitative estimate of drug-likeness (QED) is 0.863. The van der Waals surface area contributed by atoms with Crippen molar-refractivity contribution in [3.05, 3.63) is 53.7 Å². The molecule has 2 aromatic rings. The van der Waals surface area contributed by atoms with Gasteiger partial charge in [-0.25, -0.2) is 4.98 Å². The van der Waals surface area contributed by atoms with Crippen molar-refractivity contribution in [2.24, 2.45) is 0 Å². The van der Waals surface area contributed by atoms with E-state index in [9.17, 15) is 4.79 Å². The molecule has 1 fully saturated rings. The molecule has 148 valence electrons. The Balaban J connectivity index is 1.28. The minimum atomic E-state index is 0.0739. The van der Waals surface area contributed by atoms with Gasteiger partial charge < -0.3 is 19.9 Å². The van der Waals surface area contributed by atoms with Gasteiger partial charge in [-0.05, 0) is 42.6 Å². The van der Waals surface area contributed by atoms with Gasteiger partial charge in [-0.2, -0.15) is 0 Å². The third-order valence-corrected chi connectivity index (χ3v) is 5.64. The van der Waals surface area contributed by atoms with Gasteiger partial charge in [0.15, 0.2) is 0 Å². The lowest BCUT2D eigenvalue weighted by Crippen LogP contribution is -2.44. The molecule has 0 aliphatic carbocycles. The highest BCUT2D eigenvalue weighted by molar-refractivity contribution is 5.77. The highest BCUT2D eigenvalue weighted by Gasteiger charge is 2.23. The molecule has 0 radical (unpaired) electrons. The lowest BCUT2D eigenvalue weighted by atomic mass is 9.90. The van der Waals surface area contributed by atoms with Gasteiger partial charge in [0.1, 0.15) is 11.6 Å². The van der Waals surface area contributed by atoms with E-state index in [0.717, 1.165) is 55.3 Å². The summed E-state index contributed by atoms with van der Waals surface area (Å²) in [4.78, 5) is 21.7. The number of hydrogen-bond acceptors (Lipinski definition) is 5. The maximum Gasteiger partial charge on any atom is 0.220 e. The van der Waals surface area contributed by atoms with E-state index >= 15 is 0 Å². The van der Waals surface area contributed by atoms with Gasteiger partial charge in [-0.15, -0.1) is 0 Å². The number of nitrogens with zero attached hydrogens (tertiary/aromatic N) is 3. The second-order valence-corrected chi connectivity index (χ2v) is 7.67. The first-order valence-corrected chi connectivity index (χ1v) is 10.1. The van der Waals surface area contributed by atoms with Gasteiger partial charge in [0, 0.05) is 45.3 Å². The van der Waals surface area contributed by atoms with Crippen LogP contribution in [-0.4, -0.2) is 55.6 Å². The monoisotopic (exact) mass is 380 g/mol. The third kappa shape index (κ3) is 4.44. The number of aromatic nitrogens is 1. The molecule has 1 N–H and O–H groups in total. The Hall–Kier alpha value is -2.60. The van der Waals surface area contributed by atoms with Crippen LogP contribution in [0, 0.1) is 0 Å². The van der Waals surface area contributed by atoms with Crippen LogP contribution in [-0.2, 0) is 11.3 Å². The predicted octanol–water partition coefficient (Wildman–Crippen LogP) is 2.41. The van der Waals surface area contributed by atoms with Gasteiger partial charge >= 0.3 is 0 Å². The van der Waals surface area contributed by atoms with Gasteiger partial charge in [0.05, 0.1) is 6.61 Å². The van der Waals surface area contributed by atoms with Crippen molar-refractivity contribution in [1.29, 1.82) is 0 Å². The maximum absolute atomic E-state index is 12.5. The zero-order chi connectivity index (χ0) is 19.3. The standard InChI is InChI=1S/C22H28N4O2/c1-25-9-11-26(12-10-25)21-7-6-17(15-23-21)16-24-22(27)14-18-8-13-28-20-5-3-2-4-19(18)20/h2-7,15,18H,8-14,16H2,1H3,(H,24,27). The summed E-state index contributed by atoms with van der Waals surface area (Å²) in [5, 5.41) is 3.04. The summed E-state index contributed by atoms with van der Waals surface area (Å²) in [6, 6.07) is 12.1. The van der Waals surface area contributed by atoms with Crippen molar-refractivity contribution in [2.45, 2.75) is 25.3 Å². The highest BCUT2D eigenvalue weighted by atomic mass is 16.5. The number of fused-ring (bicyclic) bond motifs is 1. The van der Waals surface area contributed by atoms with Crippen LogP contribution in [0.3, 0.4) is 0 Å². The summed E-state index contributed by atoms with van der Waals surface area (Å²) in [5.74, 6) is 2.23. The summed E-state index contributed by atoms with van der Waals surface area (Å²) in [6.07, 6.45) is 3.25. The molecule has 28 heavy (non-hydrogen) atoms. The largest absolute Gasteiger partial charge is 0.493 e. The fourth-order valence-electron chi connectivity index (χ4n) is 3.87. The number of likely N-dealkylation sites (N-methyl/N-ethyl adjacent to an activating group) is 1. The first-order chi connectivity index (χ1) is 13.7. The van der Waals surface area contributed by atoms with Gasteiger partial charge in [-0.3, -0.25) is 4.79 Å². The third-order valence-electron chi connectivity index (χ3n) is 5.64. The minimum absolute atomic E-state index is 0.0739. The number of ether oxygens (including phenoxy) is 1. The second kappa shape index (κ2) is 8.61. The van der Waals surface area contributed by atoms with E-state index in [0.29, 0.717) is 19.6 Å². The van der Waals surface area contributed by atoms with Crippen LogP contribution >= 0.6 is 0 Å². The van der Waals surface area contributed by atoms with Crippen molar-refractivity contribution in [3.63, 3.8) is 0 Å². The number of carbonyl (C=O) groups is 1. The van der Waals surface area contributed by atoms with Crippen LogP contribution in [0.2, 0.25) is 0 Å². The van der Waals surface area contributed by atoms with E-state index in [2.05, 4.69) is 45.3 Å². The summed E-state index contributed by atoms with van der Waals surface area (Å²) >= 11 is 0. The Bertz CT molecular complexity index is 800. The van der Waals surface area contributed by atoms with E-state index in [1.807, 2.05) is 24.4 Å². The topological polar surface area (TPSA) is 57.7 Å². The Morgan fingerprint density at radius 3 is 2.79 bits per heavy atom. The fourth-order valence-corrected chi connectivity index (χ4v) is 3.87. The molecular weight excluding hydrogens is 352 g/mol. The average molecular weight is 380 g/mol. The van der Waals surface area contributed by atoms with Crippen LogP contribution in [0.4, 0.5) is 5.82 Å². The maximum atomic E-state index is 12.5. The van der Waals surface area contributed by atoms with Gasteiger partial charge in [0.2, 0.25) is 5.91 Å². The molecule has 1 unspecified atom stereocenters. The summed E-state index contributed by atoms with van der Waals surface area (Å²) in [7, 11) is 2.15. The molecule has 1 aromatic heterocycles. The van der Waals surface area contributed by atoms with E-state index in [1.165, 1.54) is 0 Å². The van der Waals surface area contributed by atoms with E-state index in [4.69, 9.17) is 4.74 Å². The van der Waals surface area contributed by atoms with E-state index in [1.54, 1.807) is 0 Å². The molecule has 1 saturated heterocycles. The molecule has 4 rings (SSSR count). The van der Waals surface area contributed by atoms with E-state index < -0.39 is 0 Å². The number of rotatable bonds is 5. The Morgan fingerprint density at radius 2 is 2.00 bits per heavy atom. The smallest absolute Gasteiger partial charge is 0.220 e. The second-order valence-electron chi connectivity index (χ2n) is 7.67.